The summed E-state index contributed by atoms with van der Waals surface area (Å²) in [5.74, 6) is 0.304. The highest BCUT2D eigenvalue weighted by Gasteiger charge is 2.19. The highest BCUT2D eigenvalue weighted by atomic mass is 35.5. The summed E-state index contributed by atoms with van der Waals surface area (Å²) in [5, 5.41) is 14.2. The van der Waals surface area contributed by atoms with Gasteiger partial charge in [0, 0.05) is 40.6 Å². The number of rotatable bonds is 3. The van der Waals surface area contributed by atoms with Gasteiger partial charge in [0.2, 0.25) is 0 Å². The molecule has 0 aliphatic carbocycles. The van der Waals surface area contributed by atoms with E-state index in [9.17, 15) is 5.11 Å². The van der Waals surface area contributed by atoms with Crippen LogP contribution in [0.4, 0.5) is 11.4 Å². The van der Waals surface area contributed by atoms with Gasteiger partial charge < -0.3 is 15.3 Å². The Morgan fingerprint density at radius 2 is 1.55 bits per heavy atom. The molecule has 0 spiro atoms. The Labute approximate surface area is 140 Å². The van der Waals surface area contributed by atoms with Crippen LogP contribution in [0, 0.1) is 0 Å². The van der Waals surface area contributed by atoms with Crippen LogP contribution < -0.4 is 10.2 Å². The van der Waals surface area contributed by atoms with E-state index in [-0.39, 0.29) is 0 Å². The number of anilines is 2. The van der Waals surface area contributed by atoms with Crippen LogP contribution in [0.25, 0.3) is 0 Å². The molecule has 0 saturated carbocycles. The zero-order valence-corrected chi connectivity index (χ0v) is 13.6. The van der Waals surface area contributed by atoms with Gasteiger partial charge >= 0.3 is 0 Å². The normalized spacial score (nSPS) is 15.8. The van der Waals surface area contributed by atoms with Gasteiger partial charge in [-0.25, -0.2) is 0 Å². The molecule has 116 valence electrons. The van der Waals surface area contributed by atoms with Crippen molar-refractivity contribution in [1.29, 1.82) is 0 Å². The third-order valence-electron chi connectivity index (χ3n) is 3.94. The Balaban J connectivity index is 1.58. The number of aromatic hydroxyl groups is 1. The van der Waals surface area contributed by atoms with Crippen LogP contribution in [-0.2, 0) is 0 Å². The van der Waals surface area contributed by atoms with E-state index in [1.807, 2.05) is 24.3 Å². The number of nitrogens with one attached hydrogen (secondary N) is 1. The van der Waals surface area contributed by atoms with Crippen molar-refractivity contribution in [2.24, 2.45) is 0 Å². The van der Waals surface area contributed by atoms with Gasteiger partial charge in [-0.2, -0.15) is 0 Å². The van der Waals surface area contributed by atoms with Crippen LogP contribution in [0.3, 0.4) is 0 Å². The van der Waals surface area contributed by atoms with Crippen molar-refractivity contribution >= 4 is 34.6 Å². The minimum Gasteiger partial charge on any atom is -0.508 e. The number of hydrogen-bond acceptors (Lipinski definition) is 3. The fraction of sp³-hybridized carbons (Fsp3) is 0.294. The lowest BCUT2D eigenvalue weighted by Crippen LogP contribution is -2.39. The fourth-order valence-electron chi connectivity index (χ4n) is 2.82. The van der Waals surface area contributed by atoms with Gasteiger partial charge in [-0.05, 0) is 55.3 Å². The quantitative estimate of drug-likeness (QED) is 0.846. The van der Waals surface area contributed by atoms with E-state index in [0.29, 0.717) is 21.8 Å². The second-order valence-corrected chi connectivity index (χ2v) is 6.45. The summed E-state index contributed by atoms with van der Waals surface area (Å²) in [6, 6.07) is 13.3. The van der Waals surface area contributed by atoms with Crippen molar-refractivity contribution < 1.29 is 5.11 Å². The first-order valence-electron chi connectivity index (χ1n) is 7.37. The molecule has 1 fully saturated rings. The summed E-state index contributed by atoms with van der Waals surface area (Å²) >= 11 is 12.1. The maximum atomic E-state index is 9.36. The van der Waals surface area contributed by atoms with Crippen molar-refractivity contribution in [3.63, 3.8) is 0 Å². The van der Waals surface area contributed by atoms with Gasteiger partial charge in [-0.15, -0.1) is 0 Å². The Hall–Kier alpha value is -1.58. The van der Waals surface area contributed by atoms with Gasteiger partial charge in [0.15, 0.2) is 0 Å². The number of halogens is 2. The van der Waals surface area contributed by atoms with Gasteiger partial charge in [0.1, 0.15) is 5.75 Å². The Morgan fingerprint density at radius 1 is 0.955 bits per heavy atom. The van der Waals surface area contributed by atoms with E-state index in [0.717, 1.165) is 37.3 Å². The van der Waals surface area contributed by atoms with Crippen LogP contribution in [0.15, 0.2) is 42.5 Å². The van der Waals surface area contributed by atoms with Crippen LogP contribution in [0.2, 0.25) is 10.0 Å². The summed E-state index contributed by atoms with van der Waals surface area (Å²) in [6.45, 7) is 1.97. The molecule has 2 N–H and O–H groups in total. The lowest BCUT2D eigenvalue weighted by atomic mass is 10.0. The first-order valence-corrected chi connectivity index (χ1v) is 8.12. The molecule has 0 atom stereocenters. The molecule has 1 aliphatic rings. The van der Waals surface area contributed by atoms with E-state index < -0.39 is 0 Å². The molecule has 0 bridgehead atoms. The molecule has 1 saturated heterocycles. The van der Waals surface area contributed by atoms with Crippen molar-refractivity contribution in [1.82, 2.24) is 0 Å². The molecule has 2 aromatic carbocycles. The fourth-order valence-corrected chi connectivity index (χ4v) is 3.34. The van der Waals surface area contributed by atoms with E-state index in [4.69, 9.17) is 23.2 Å². The van der Waals surface area contributed by atoms with E-state index in [1.54, 1.807) is 18.2 Å². The molecule has 0 unspecified atom stereocenters. The maximum Gasteiger partial charge on any atom is 0.115 e. The Bertz CT molecular complexity index is 617. The number of benzene rings is 2. The third-order valence-corrected chi connectivity index (χ3v) is 4.38. The number of hydrogen-bond donors (Lipinski definition) is 2. The minimum absolute atomic E-state index is 0.304. The van der Waals surface area contributed by atoms with E-state index >= 15 is 0 Å². The van der Waals surface area contributed by atoms with Crippen molar-refractivity contribution in [2.45, 2.75) is 18.9 Å². The van der Waals surface area contributed by atoms with E-state index in [1.165, 1.54) is 0 Å². The molecule has 22 heavy (non-hydrogen) atoms. The average Bonchev–Trinajstić information content (AvgIpc) is 2.48. The van der Waals surface area contributed by atoms with Crippen molar-refractivity contribution in [2.75, 3.05) is 23.3 Å². The Morgan fingerprint density at radius 3 is 2.14 bits per heavy atom. The zero-order valence-electron chi connectivity index (χ0n) is 12.1. The van der Waals surface area contributed by atoms with Crippen LogP contribution >= 0.6 is 23.2 Å². The second-order valence-electron chi connectivity index (χ2n) is 5.58. The van der Waals surface area contributed by atoms with Crippen LogP contribution in [0.5, 0.6) is 5.75 Å². The molecule has 0 aromatic heterocycles. The summed E-state index contributed by atoms with van der Waals surface area (Å²) in [4.78, 5) is 2.34. The predicted molar refractivity (Wildman–Crippen MR) is 93.4 cm³/mol. The zero-order chi connectivity index (χ0) is 15.5. The molecule has 3 nitrogen and oxygen atoms in total. The summed E-state index contributed by atoms with van der Waals surface area (Å²) in [6.07, 6.45) is 2.09. The standard InChI is InChI=1S/C17H18Cl2N2O/c18-12-9-13(19)11-15(10-12)20-14-5-7-21(8-6-14)16-1-3-17(22)4-2-16/h1-4,9-11,14,20,22H,5-8H2. The number of piperidine rings is 1. The largest absolute Gasteiger partial charge is 0.508 e. The van der Waals surface area contributed by atoms with Gasteiger partial charge in [0.25, 0.3) is 0 Å². The molecular weight excluding hydrogens is 319 g/mol. The summed E-state index contributed by atoms with van der Waals surface area (Å²) < 4.78 is 0. The third kappa shape index (κ3) is 3.79. The summed E-state index contributed by atoms with van der Waals surface area (Å²) in [7, 11) is 0. The SMILES string of the molecule is Oc1ccc(N2CCC(Nc3cc(Cl)cc(Cl)c3)CC2)cc1. The van der Waals surface area contributed by atoms with Gasteiger partial charge in [-0.1, -0.05) is 23.2 Å². The lowest BCUT2D eigenvalue weighted by molar-refractivity contribution is 0.475. The lowest BCUT2D eigenvalue weighted by Gasteiger charge is -2.34. The van der Waals surface area contributed by atoms with E-state index in [2.05, 4.69) is 10.2 Å². The molecule has 2 aromatic rings. The van der Waals surface area contributed by atoms with Gasteiger partial charge in [-0.3, -0.25) is 0 Å². The molecule has 1 heterocycles. The average molecular weight is 337 g/mol. The Kier molecular flexibility index (Phi) is 4.65. The molecule has 0 amide bonds. The number of phenolic OH excluding ortho intramolecular Hbond substituents is 1. The topological polar surface area (TPSA) is 35.5 Å². The molecule has 5 heteroatoms. The van der Waals surface area contributed by atoms with Gasteiger partial charge in [0.05, 0.1) is 0 Å². The predicted octanol–water partition coefficient (Wildman–Crippen LogP) is 4.78. The van der Waals surface area contributed by atoms with Crippen LogP contribution in [-0.4, -0.2) is 24.2 Å². The van der Waals surface area contributed by atoms with Crippen molar-refractivity contribution in [3.8, 4) is 5.75 Å². The smallest absolute Gasteiger partial charge is 0.115 e. The number of nitrogens with zero attached hydrogens (tertiary/aromatic N) is 1. The molecular formula is C17H18Cl2N2O. The summed E-state index contributed by atoms with van der Waals surface area (Å²) in [5.41, 5.74) is 2.13. The molecule has 1 aliphatic heterocycles. The number of phenols is 1. The highest BCUT2D eigenvalue weighted by Crippen LogP contribution is 2.26. The first kappa shape index (κ1) is 15.3. The monoisotopic (exact) mass is 336 g/mol. The minimum atomic E-state index is 0.304. The maximum absolute atomic E-state index is 9.36. The molecule has 0 radical (unpaired) electrons. The first-order chi connectivity index (χ1) is 10.6. The van der Waals surface area contributed by atoms with Crippen LogP contribution in [0.1, 0.15) is 12.8 Å². The second kappa shape index (κ2) is 6.67. The highest BCUT2D eigenvalue weighted by molar-refractivity contribution is 6.35. The molecule has 3 rings (SSSR count). The van der Waals surface area contributed by atoms with Crippen molar-refractivity contribution in [3.05, 3.63) is 52.5 Å².